The van der Waals surface area contributed by atoms with E-state index in [0.717, 1.165) is 0 Å². The van der Waals surface area contributed by atoms with Gasteiger partial charge in [0.25, 0.3) is 11.4 Å². The van der Waals surface area contributed by atoms with Crippen LogP contribution in [-0.2, 0) is 0 Å². The molecule has 0 saturated carbocycles. The van der Waals surface area contributed by atoms with Gasteiger partial charge in [0.2, 0.25) is 0 Å². The summed E-state index contributed by atoms with van der Waals surface area (Å²) in [5.41, 5.74) is 0.450. The predicted molar refractivity (Wildman–Crippen MR) is 97.3 cm³/mol. The highest BCUT2D eigenvalue weighted by Gasteiger charge is 2.16. The fourth-order valence-electron chi connectivity index (χ4n) is 2.43. The van der Waals surface area contributed by atoms with Crippen LogP contribution in [0.2, 0.25) is 0 Å². The van der Waals surface area contributed by atoms with Gasteiger partial charge in [-0.25, -0.2) is 0 Å². The van der Waals surface area contributed by atoms with Crippen molar-refractivity contribution >= 4 is 23.2 Å². The summed E-state index contributed by atoms with van der Waals surface area (Å²) in [4.78, 5) is 32.8. The SMILES string of the molecule is O=C(C=Cc1ccc(-c2ccccc2[N+](=O)[O-])o1)c1ccc([N+](=O)[O-])cc1. The first-order valence-electron chi connectivity index (χ1n) is 7.76. The quantitative estimate of drug-likeness (QED) is 0.272. The van der Waals surface area contributed by atoms with Crippen molar-refractivity contribution in [2.75, 3.05) is 0 Å². The van der Waals surface area contributed by atoms with Crippen LogP contribution in [0.3, 0.4) is 0 Å². The molecule has 0 N–H and O–H groups in total. The largest absolute Gasteiger partial charge is 0.456 e. The van der Waals surface area contributed by atoms with Crippen molar-refractivity contribution in [2.24, 2.45) is 0 Å². The molecule has 0 aliphatic heterocycles. The van der Waals surface area contributed by atoms with Crippen LogP contribution in [0.4, 0.5) is 11.4 Å². The summed E-state index contributed by atoms with van der Waals surface area (Å²) in [5, 5.41) is 21.7. The van der Waals surface area contributed by atoms with Gasteiger partial charge in [-0.3, -0.25) is 25.0 Å². The van der Waals surface area contributed by atoms with Gasteiger partial charge in [0.1, 0.15) is 11.5 Å². The molecule has 0 bridgehead atoms. The van der Waals surface area contributed by atoms with Gasteiger partial charge in [-0.05, 0) is 42.5 Å². The summed E-state index contributed by atoms with van der Waals surface area (Å²) >= 11 is 0. The molecule has 8 nitrogen and oxygen atoms in total. The highest BCUT2D eigenvalue weighted by Crippen LogP contribution is 2.31. The number of nitro groups is 2. The minimum atomic E-state index is -0.544. The van der Waals surface area contributed by atoms with E-state index in [9.17, 15) is 25.0 Å². The molecule has 3 rings (SSSR count). The Kier molecular flexibility index (Phi) is 4.89. The van der Waals surface area contributed by atoms with Gasteiger partial charge in [-0.15, -0.1) is 0 Å². The van der Waals surface area contributed by atoms with Crippen LogP contribution in [0, 0.1) is 20.2 Å². The highest BCUT2D eigenvalue weighted by molar-refractivity contribution is 6.06. The van der Waals surface area contributed by atoms with Gasteiger partial charge in [-0.2, -0.15) is 0 Å². The third kappa shape index (κ3) is 3.96. The molecule has 0 amide bonds. The van der Waals surface area contributed by atoms with Crippen LogP contribution >= 0.6 is 0 Å². The molecule has 1 aromatic heterocycles. The topological polar surface area (TPSA) is 116 Å². The molecule has 134 valence electrons. The van der Waals surface area contributed by atoms with Crippen molar-refractivity contribution in [3.8, 4) is 11.3 Å². The Morgan fingerprint density at radius 1 is 0.889 bits per heavy atom. The number of benzene rings is 2. The number of hydrogen-bond acceptors (Lipinski definition) is 6. The van der Waals surface area contributed by atoms with Gasteiger partial charge < -0.3 is 4.42 Å². The number of carbonyl (C=O) groups is 1. The smallest absolute Gasteiger partial charge is 0.280 e. The highest BCUT2D eigenvalue weighted by atomic mass is 16.6. The van der Waals surface area contributed by atoms with Crippen molar-refractivity contribution in [2.45, 2.75) is 0 Å². The number of furan rings is 1. The number of rotatable bonds is 6. The molecule has 0 aliphatic carbocycles. The lowest BCUT2D eigenvalue weighted by atomic mass is 10.1. The van der Waals surface area contributed by atoms with Crippen LogP contribution in [0.15, 0.2) is 71.2 Å². The van der Waals surface area contributed by atoms with E-state index in [1.807, 2.05) is 0 Å². The maximum absolute atomic E-state index is 12.1. The van der Waals surface area contributed by atoms with Crippen molar-refractivity contribution in [1.82, 2.24) is 0 Å². The number of hydrogen-bond donors (Lipinski definition) is 0. The van der Waals surface area contributed by atoms with E-state index in [0.29, 0.717) is 22.6 Å². The van der Waals surface area contributed by atoms with Gasteiger partial charge >= 0.3 is 0 Å². The number of non-ortho nitro benzene ring substituents is 1. The van der Waals surface area contributed by atoms with Crippen molar-refractivity contribution in [3.63, 3.8) is 0 Å². The molecular formula is C19H12N2O6. The normalized spacial score (nSPS) is 10.8. The summed E-state index contributed by atoms with van der Waals surface area (Å²) in [6.07, 6.45) is 2.70. The van der Waals surface area contributed by atoms with Crippen LogP contribution in [0.25, 0.3) is 17.4 Å². The van der Waals surface area contributed by atoms with E-state index in [4.69, 9.17) is 4.42 Å². The lowest BCUT2D eigenvalue weighted by Gasteiger charge is -1.98. The molecule has 27 heavy (non-hydrogen) atoms. The average molecular weight is 364 g/mol. The fourth-order valence-corrected chi connectivity index (χ4v) is 2.43. The van der Waals surface area contributed by atoms with Crippen LogP contribution in [0.1, 0.15) is 16.1 Å². The zero-order valence-electron chi connectivity index (χ0n) is 13.8. The summed E-state index contributed by atoms with van der Waals surface area (Å²) in [5.74, 6) is 0.302. The second kappa shape index (κ2) is 7.44. The molecule has 0 unspecified atom stereocenters. The molecule has 2 aromatic carbocycles. The number of nitrogens with zero attached hydrogens (tertiary/aromatic N) is 2. The fraction of sp³-hybridized carbons (Fsp3) is 0. The molecule has 0 spiro atoms. The monoisotopic (exact) mass is 364 g/mol. The number of para-hydroxylation sites is 1. The Morgan fingerprint density at radius 2 is 1.59 bits per heavy atom. The molecule has 0 saturated heterocycles. The summed E-state index contributed by atoms with van der Waals surface area (Å²) in [6.45, 7) is 0. The zero-order valence-corrected chi connectivity index (χ0v) is 13.8. The molecule has 0 atom stereocenters. The number of nitro benzene ring substituents is 2. The maximum atomic E-state index is 12.1. The Bertz CT molecular complexity index is 1050. The van der Waals surface area contributed by atoms with E-state index in [1.165, 1.54) is 42.5 Å². The number of allylic oxidation sites excluding steroid dienone is 1. The minimum Gasteiger partial charge on any atom is -0.456 e. The Hall–Kier alpha value is -4.07. The Balaban J connectivity index is 1.78. The molecular weight excluding hydrogens is 352 g/mol. The van der Waals surface area contributed by atoms with Crippen LogP contribution in [-0.4, -0.2) is 15.6 Å². The minimum absolute atomic E-state index is 0.0793. The summed E-state index contributed by atoms with van der Waals surface area (Å²) in [6, 6.07) is 14.6. The summed E-state index contributed by atoms with van der Waals surface area (Å²) in [7, 11) is 0. The summed E-state index contributed by atoms with van der Waals surface area (Å²) < 4.78 is 5.56. The van der Waals surface area contributed by atoms with E-state index >= 15 is 0 Å². The van der Waals surface area contributed by atoms with E-state index < -0.39 is 9.85 Å². The Morgan fingerprint density at radius 3 is 2.26 bits per heavy atom. The Labute approximate surface area is 152 Å². The molecule has 8 heteroatoms. The standard InChI is InChI=1S/C19H12N2O6/c22-18(13-5-7-14(8-6-13)20(23)24)11-9-15-10-12-19(27-15)16-3-1-2-4-17(16)21(25)26/h1-12H. The third-order valence-corrected chi connectivity index (χ3v) is 3.75. The first kappa shape index (κ1) is 17.7. The maximum Gasteiger partial charge on any atom is 0.280 e. The van der Waals surface area contributed by atoms with E-state index in [2.05, 4.69) is 0 Å². The average Bonchev–Trinajstić information content (AvgIpc) is 3.15. The molecule has 0 radical (unpaired) electrons. The van der Waals surface area contributed by atoms with Crippen molar-refractivity contribution in [3.05, 3.63) is 98.3 Å². The molecule has 3 aromatic rings. The molecule has 0 fully saturated rings. The second-order valence-corrected chi connectivity index (χ2v) is 5.48. The van der Waals surface area contributed by atoms with Gasteiger partial charge in [0.05, 0.1) is 15.4 Å². The zero-order chi connectivity index (χ0) is 19.4. The number of carbonyl (C=O) groups excluding carboxylic acids is 1. The van der Waals surface area contributed by atoms with Crippen molar-refractivity contribution in [1.29, 1.82) is 0 Å². The van der Waals surface area contributed by atoms with E-state index in [-0.39, 0.29) is 17.2 Å². The van der Waals surface area contributed by atoms with Gasteiger partial charge in [-0.1, -0.05) is 12.1 Å². The first-order chi connectivity index (χ1) is 13.0. The van der Waals surface area contributed by atoms with E-state index in [1.54, 1.807) is 30.3 Å². The lowest BCUT2D eigenvalue weighted by molar-refractivity contribution is -0.384. The lowest BCUT2D eigenvalue weighted by Crippen LogP contribution is -1.95. The molecule has 1 heterocycles. The van der Waals surface area contributed by atoms with Crippen molar-refractivity contribution < 1.29 is 19.1 Å². The number of ketones is 1. The van der Waals surface area contributed by atoms with Crippen LogP contribution < -0.4 is 0 Å². The van der Waals surface area contributed by atoms with Gasteiger partial charge in [0.15, 0.2) is 5.78 Å². The predicted octanol–water partition coefficient (Wildman–Crippen LogP) is 4.66. The van der Waals surface area contributed by atoms with Crippen LogP contribution in [0.5, 0.6) is 0 Å². The molecule has 0 aliphatic rings. The van der Waals surface area contributed by atoms with Gasteiger partial charge in [0, 0.05) is 23.8 Å². The third-order valence-electron chi connectivity index (χ3n) is 3.75. The second-order valence-electron chi connectivity index (χ2n) is 5.48. The first-order valence-corrected chi connectivity index (χ1v) is 7.76.